The van der Waals surface area contributed by atoms with Gasteiger partial charge in [0.15, 0.2) is 0 Å². The van der Waals surface area contributed by atoms with Crippen LogP contribution < -0.4 is 5.32 Å². The van der Waals surface area contributed by atoms with Gasteiger partial charge in [0.2, 0.25) is 0 Å². The summed E-state index contributed by atoms with van der Waals surface area (Å²) >= 11 is 0. The molecule has 5 heteroatoms. The van der Waals surface area contributed by atoms with Crippen molar-refractivity contribution in [2.75, 3.05) is 5.32 Å². The van der Waals surface area contributed by atoms with Crippen LogP contribution in [0.25, 0.3) is 0 Å². The number of rotatable bonds is 1. The molecule has 0 atom stereocenters. The zero-order valence-electron chi connectivity index (χ0n) is 11.0. The summed E-state index contributed by atoms with van der Waals surface area (Å²) in [7, 11) is 0. The number of anilines is 1. The topological polar surface area (TPSA) is 59.8 Å². The largest absolute Gasteiger partial charge is 0.331 e. The average Bonchev–Trinajstić information content (AvgIpc) is 2.85. The van der Waals surface area contributed by atoms with Crippen LogP contribution >= 0.6 is 0 Å². The van der Waals surface area contributed by atoms with Crippen LogP contribution in [-0.4, -0.2) is 20.6 Å². The number of carbonyl (C=O) groups is 1. The van der Waals surface area contributed by atoms with Gasteiger partial charge in [-0.25, -0.2) is 9.78 Å². The summed E-state index contributed by atoms with van der Waals surface area (Å²) < 4.78 is 1.41. The number of carbonyl (C=O) groups excluding carboxylic acids is 1. The molecule has 94 valence electrons. The summed E-state index contributed by atoms with van der Waals surface area (Å²) in [4.78, 5) is 20.3. The molecule has 0 bridgehead atoms. The summed E-state index contributed by atoms with van der Waals surface area (Å²) in [5, 5.41) is 2.91. The third-order valence-electron chi connectivity index (χ3n) is 3.14. The quantitative estimate of drug-likeness (QED) is 0.838. The van der Waals surface area contributed by atoms with Gasteiger partial charge in [0.25, 0.3) is 0 Å². The molecular weight excluding hydrogens is 228 g/mol. The van der Waals surface area contributed by atoms with E-state index in [0.717, 1.165) is 28.2 Å². The lowest BCUT2D eigenvalue weighted by Gasteiger charge is -2.15. The van der Waals surface area contributed by atoms with Crippen molar-refractivity contribution in [1.29, 1.82) is 0 Å². The van der Waals surface area contributed by atoms with Crippen LogP contribution in [0.3, 0.4) is 0 Å². The molecule has 0 aliphatic rings. The molecule has 0 saturated heterocycles. The number of amides is 1. The predicted octanol–water partition coefficient (Wildman–Crippen LogP) is 2.59. The minimum Gasteiger partial charge on any atom is -0.307 e. The summed E-state index contributed by atoms with van der Waals surface area (Å²) in [6.45, 7) is 7.79. The van der Waals surface area contributed by atoms with E-state index in [1.54, 1.807) is 12.4 Å². The smallest absolute Gasteiger partial charge is 0.307 e. The molecule has 1 N–H and O–H groups in total. The average molecular weight is 244 g/mol. The Morgan fingerprint density at radius 1 is 1.17 bits per heavy atom. The van der Waals surface area contributed by atoms with Crippen LogP contribution in [0.15, 0.2) is 18.7 Å². The van der Waals surface area contributed by atoms with E-state index in [9.17, 15) is 4.79 Å². The maximum atomic E-state index is 12.0. The number of nitrogens with zero attached hydrogens (tertiary/aromatic N) is 3. The molecule has 0 spiro atoms. The summed E-state index contributed by atoms with van der Waals surface area (Å²) in [6, 6.07) is -0.219. The van der Waals surface area contributed by atoms with Crippen molar-refractivity contribution in [3.8, 4) is 0 Å². The number of hydrogen-bond acceptors (Lipinski definition) is 3. The van der Waals surface area contributed by atoms with Gasteiger partial charge < -0.3 is 5.32 Å². The molecule has 5 nitrogen and oxygen atoms in total. The lowest BCUT2D eigenvalue weighted by Crippen LogP contribution is -2.20. The zero-order valence-corrected chi connectivity index (χ0v) is 11.0. The molecule has 2 rings (SSSR count). The molecule has 0 aliphatic carbocycles. The van der Waals surface area contributed by atoms with Crippen molar-refractivity contribution in [3.05, 3.63) is 41.2 Å². The van der Waals surface area contributed by atoms with E-state index in [1.807, 2.05) is 27.7 Å². The normalized spacial score (nSPS) is 10.4. The maximum absolute atomic E-state index is 12.0. The van der Waals surface area contributed by atoms with E-state index >= 15 is 0 Å². The first-order valence-corrected chi connectivity index (χ1v) is 5.74. The molecule has 0 unspecified atom stereocenters. The second kappa shape index (κ2) is 4.60. The van der Waals surface area contributed by atoms with Gasteiger partial charge in [-0.2, -0.15) is 0 Å². The number of pyridine rings is 1. The van der Waals surface area contributed by atoms with Crippen LogP contribution in [-0.2, 0) is 0 Å². The van der Waals surface area contributed by atoms with Gasteiger partial charge in [-0.3, -0.25) is 9.55 Å². The summed E-state index contributed by atoms with van der Waals surface area (Å²) in [5.41, 5.74) is 4.68. The number of imidazole rings is 1. The highest BCUT2D eigenvalue weighted by Crippen LogP contribution is 2.24. The van der Waals surface area contributed by atoms with E-state index < -0.39 is 0 Å². The van der Waals surface area contributed by atoms with Crippen LogP contribution in [0.1, 0.15) is 22.5 Å². The van der Waals surface area contributed by atoms with E-state index in [4.69, 9.17) is 0 Å². The Morgan fingerprint density at radius 3 is 2.28 bits per heavy atom. The fraction of sp³-hybridized carbons (Fsp3) is 0.308. The maximum Gasteiger partial charge on any atom is 0.331 e. The van der Waals surface area contributed by atoms with E-state index in [-0.39, 0.29) is 6.03 Å². The van der Waals surface area contributed by atoms with Crippen LogP contribution in [0, 0.1) is 27.7 Å². The highest BCUT2D eigenvalue weighted by Gasteiger charge is 2.13. The molecule has 0 saturated carbocycles. The number of hydrogen-bond donors (Lipinski definition) is 1. The number of nitrogens with one attached hydrogen (secondary N) is 1. The molecule has 2 aromatic heterocycles. The monoisotopic (exact) mass is 244 g/mol. The first-order chi connectivity index (χ1) is 8.50. The highest BCUT2D eigenvalue weighted by molar-refractivity contribution is 5.92. The van der Waals surface area contributed by atoms with Crippen LogP contribution in [0.4, 0.5) is 10.5 Å². The fourth-order valence-corrected chi connectivity index (χ4v) is 1.80. The first-order valence-electron chi connectivity index (χ1n) is 5.74. The molecule has 0 aromatic carbocycles. The van der Waals surface area contributed by atoms with Gasteiger partial charge in [-0.1, -0.05) is 0 Å². The molecule has 2 heterocycles. The standard InChI is InChI=1S/C13H16N4O/c1-8-10(3)15-11(4)9(2)12(8)16-13(18)17-6-5-14-7-17/h5-7H,1-4H3,(H,15,16,18). The molecule has 1 amide bonds. The molecule has 18 heavy (non-hydrogen) atoms. The van der Waals surface area contributed by atoms with Crippen molar-refractivity contribution < 1.29 is 4.79 Å². The Balaban J connectivity index is 2.38. The van der Waals surface area contributed by atoms with E-state index in [1.165, 1.54) is 10.9 Å². The van der Waals surface area contributed by atoms with E-state index in [0.29, 0.717) is 0 Å². The Hall–Kier alpha value is -2.17. The van der Waals surface area contributed by atoms with Gasteiger partial charge in [-0.15, -0.1) is 0 Å². The lowest BCUT2D eigenvalue weighted by molar-refractivity contribution is 0.253. The van der Waals surface area contributed by atoms with Gasteiger partial charge >= 0.3 is 6.03 Å². The van der Waals surface area contributed by atoms with Crippen molar-refractivity contribution in [2.24, 2.45) is 0 Å². The van der Waals surface area contributed by atoms with Gasteiger partial charge in [0, 0.05) is 23.8 Å². The Kier molecular flexibility index (Phi) is 3.14. The van der Waals surface area contributed by atoms with Gasteiger partial charge in [0.1, 0.15) is 6.33 Å². The molecule has 2 aromatic rings. The lowest BCUT2D eigenvalue weighted by atomic mass is 10.1. The number of aromatic nitrogens is 3. The third-order valence-corrected chi connectivity index (χ3v) is 3.14. The molecule has 0 aliphatic heterocycles. The second-order valence-corrected chi connectivity index (χ2v) is 4.31. The van der Waals surface area contributed by atoms with Gasteiger partial charge in [0.05, 0.1) is 5.69 Å². The van der Waals surface area contributed by atoms with Crippen molar-refractivity contribution in [1.82, 2.24) is 14.5 Å². The van der Waals surface area contributed by atoms with Crippen LogP contribution in [0.5, 0.6) is 0 Å². The highest BCUT2D eigenvalue weighted by atomic mass is 16.2. The minimum atomic E-state index is -0.219. The van der Waals surface area contributed by atoms with Crippen molar-refractivity contribution in [3.63, 3.8) is 0 Å². The molecule has 0 radical (unpaired) electrons. The van der Waals surface area contributed by atoms with Crippen molar-refractivity contribution >= 4 is 11.7 Å². The zero-order chi connectivity index (χ0) is 13.3. The third kappa shape index (κ3) is 2.11. The summed E-state index contributed by atoms with van der Waals surface area (Å²) in [5.74, 6) is 0. The number of aryl methyl sites for hydroxylation is 2. The van der Waals surface area contributed by atoms with Crippen molar-refractivity contribution in [2.45, 2.75) is 27.7 Å². The molecular formula is C13H16N4O. The second-order valence-electron chi connectivity index (χ2n) is 4.31. The predicted molar refractivity (Wildman–Crippen MR) is 69.8 cm³/mol. The SMILES string of the molecule is Cc1nc(C)c(C)c(NC(=O)n2ccnc2)c1C. The Bertz CT molecular complexity index is 561. The first kappa shape index (κ1) is 12.3. The van der Waals surface area contributed by atoms with Gasteiger partial charge in [-0.05, 0) is 38.8 Å². The van der Waals surface area contributed by atoms with E-state index in [2.05, 4.69) is 15.3 Å². The minimum absolute atomic E-state index is 0.219. The fourth-order valence-electron chi connectivity index (χ4n) is 1.80. The van der Waals surface area contributed by atoms with Crippen LogP contribution in [0.2, 0.25) is 0 Å². The summed E-state index contributed by atoms with van der Waals surface area (Å²) in [6.07, 6.45) is 4.66. The molecule has 0 fully saturated rings. The Morgan fingerprint density at radius 2 is 1.78 bits per heavy atom. The Labute approximate surface area is 106 Å².